The molecule has 12 nitrogen and oxygen atoms in total. The number of carboxylic acid groups (broad SMARTS) is 1. The third-order valence-electron chi connectivity index (χ3n) is 8.99. The maximum Gasteiger partial charge on any atom is 0.410 e. The molecule has 4 aliphatic rings. The number of aliphatic imine (C=N–C) groups is 1. The Hall–Kier alpha value is -2.96. The quantitative estimate of drug-likeness (QED) is 0.456. The van der Waals surface area contributed by atoms with Gasteiger partial charge in [0.15, 0.2) is 6.04 Å². The lowest BCUT2D eigenvalue weighted by Crippen LogP contribution is -2.44. The van der Waals surface area contributed by atoms with Crippen LogP contribution in [-0.4, -0.2) is 125 Å². The van der Waals surface area contributed by atoms with E-state index in [4.69, 9.17) is 9.47 Å². The molecule has 0 bridgehead atoms. The van der Waals surface area contributed by atoms with Crippen LogP contribution in [-0.2, 0) is 14.3 Å². The van der Waals surface area contributed by atoms with Crippen LogP contribution < -0.4 is 4.90 Å². The van der Waals surface area contributed by atoms with Crippen molar-refractivity contribution in [3.63, 3.8) is 0 Å². The topological polar surface area (TPSA) is 116 Å². The number of nitrogens with zero attached hydrogens (tertiary/aromatic N) is 7. The van der Waals surface area contributed by atoms with Crippen molar-refractivity contribution in [2.45, 2.75) is 83.1 Å². The fraction of sp³-hybridized carbons (Fsp3) is 0.742. The molecule has 3 fully saturated rings. The summed E-state index contributed by atoms with van der Waals surface area (Å²) in [6.45, 7) is 14.4. The van der Waals surface area contributed by atoms with Crippen LogP contribution in [0.25, 0.3) is 0 Å². The Labute approximate surface area is 255 Å². The SMILES string of the molecule is CC(C)(C)OC(=O)N1CCC(OCCN2CCC(CN3CCC(n4cc(N5C=CN=CC5C(=O)O)cn4)CC3)CC2)CC1. The maximum atomic E-state index is 12.3. The number of carbonyl (C=O) groups excluding carboxylic acids is 1. The first-order chi connectivity index (χ1) is 20.6. The molecule has 5 heterocycles. The van der Waals surface area contributed by atoms with Gasteiger partial charge in [-0.3, -0.25) is 9.67 Å². The second-order valence-corrected chi connectivity index (χ2v) is 13.3. The molecule has 43 heavy (non-hydrogen) atoms. The van der Waals surface area contributed by atoms with Crippen LogP contribution in [0.1, 0.15) is 65.3 Å². The number of hydrogen-bond acceptors (Lipinski definition) is 9. The van der Waals surface area contributed by atoms with Gasteiger partial charge in [-0.05, 0) is 78.3 Å². The van der Waals surface area contributed by atoms with Crippen molar-refractivity contribution in [2.24, 2.45) is 10.9 Å². The van der Waals surface area contributed by atoms with Crippen molar-refractivity contribution in [1.82, 2.24) is 24.5 Å². The second kappa shape index (κ2) is 14.2. The summed E-state index contributed by atoms with van der Waals surface area (Å²) in [5.41, 5.74) is 0.317. The van der Waals surface area contributed by atoms with E-state index in [0.29, 0.717) is 19.1 Å². The molecule has 1 unspecified atom stereocenters. The van der Waals surface area contributed by atoms with Crippen LogP contribution in [0, 0.1) is 5.92 Å². The van der Waals surface area contributed by atoms with Crippen molar-refractivity contribution < 1.29 is 24.2 Å². The predicted octanol–water partition coefficient (Wildman–Crippen LogP) is 3.46. The Kier molecular flexibility index (Phi) is 10.4. The highest BCUT2D eigenvalue weighted by molar-refractivity contribution is 5.98. The molecule has 1 aromatic heterocycles. The fourth-order valence-electron chi connectivity index (χ4n) is 6.50. The van der Waals surface area contributed by atoms with Crippen LogP contribution >= 0.6 is 0 Å². The lowest BCUT2D eigenvalue weighted by molar-refractivity contribution is -0.136. The monoisotopic (exact) mass is 599 g/mol. The Morgan fingerprint density at radius 1 is 0.977 bits per heavy atom. The molecular weight excluding hydrogens is 550 g/mol. The Morgan fingerprint density at radius 3 is 2.35 bits per heavy atom. The zero-order valence-corrected chi connectivity index (χ0v) is 26.0. The molecule has 0 saturated carbocycles. The molecule has 1 N–H and O–H groups in total. The number of piperidine rings is 3. The van der Waals surface area contributed by atoms with E-state index in [1.165, 1.54) is 19.1 Å². The highest BCUT2D eigenvalue weighted by Gasteiger charge is 2.30. The van der Waals surface area contributed by atoms with Gasteiger partial charge in [0.1, 0.15) is 5.60 Å². The van der Waals surface area contributed by atoms with Crippen LogP contribution in [0.4, 0.5) is 10.5 Å². The van der Waals surface area contributed by atoms with Gasteiger partial charge < -0.3 is 34.2 Å². The number of carbonyl (C=O) groups is 2. The summed E-state index contributed by atoms with van der Waals surface area (Å²) in [5, 5.41) is 14.1. The first-order valence-corrected chi connectivity index (χ1v) is 15.9. The molecule has 0 aromatic carbocycles. The largest absolute Gasteiger partial charge is 0.479 e. The van der Waals surface area contributed by atoms with Crippen LogP contribution in [0.5, 0.6) is 0 Å². The van der Waals surface area contributed by atoms with Crippen LogP contribution in [0.2, 0.25) is 0 Å². The van der Waals surface area contributed by atoms with Crippen molar-refractivity contribution >= 4 is 24.0 Å². The van der Waals surface area contributed by atoms with E-state index in [1.54, 1.807) is 28.4 Å². The first-order valence-electron chi connectivity index (χ1n) is 15.9. The minimum Gasteiger partial charge on any atom is -0.479 e. The number of aliphatic carboxylic acids is 1. The standard InChI is InChI=1S/C31H49N7O5/c1-31(2,3)43-30(41)36-15-8-27(9-16-36)42-19-18-34-11-4-24(5-12-34)22-35-13-6-25(7-14-35)38-23-26(20-33-38)37-17-10-32-21-28(37)29(39)40/h10,17,20-21,23-25,27-28H,4-9,11-16,18-19,22H2,1-3H3,(H,39,40). The van der Waals surface area contributed by atoms with Crippen molar-refractivity contribution in [1.29, 1.82) is 0 Å². The second-order valence-electron chi connectivity index (χ2n) is 13.3. The summed E-state index contributed by atoms with van der Waals surface area (Å²) >= 11 is 0. The minimum atomic E-state index is -0.928. The van der Waals surface area contributed by atoms with E-state index in [0.717, 1.165) is 83.2 Å². The number of ether oxygens (including phenoxy) is 2. The number of carboxylic acids is 1. The average Bonchev–Trinajstić information content (AvgIpc) is 3.48. The van der Waals surface area contributed by atoms with E-state index < -0.39 is 17.6 Å². The molecule has 0 aliphatic carbocycles. The molecule has 1 atom stereocenters. The Bertz CT molecular complexity index is 1120. The van der Waals surface area contributed by atoms with Gasteiger partial charge in [0, 0.05) is 64.1 Å². The number of likely N-dealkylation sites (tertiary alicyclic amines) is 3. The maximum absolute atomic E-state index is 12.3. The lowest BCUT2D eigenvalue weighted by Gasteiger charge is -2.38. The van der Waals surface area contributed by atoms with Crippen LogP contribution in [0.15, 0.2) is 29.8 Å². The van der Waals surface area contributed by atoms with E-state index in [1.807, 2.05) is 31.6 Å². The zero-order chi connectivity index (χ0) is 30.4. The molecule has 0 spiro atoms. The molecular formula is C31H49N7O5. The smallest absolute Gasteiger partial charge is 0.410 e. The normalized spacial score (nSPS) is 23.7. The molecule has 1 aromatic rings. The molecule has 0 radical (unpaired) electrons. The number of hydrogen-bond donors (Lipinski definition) is 1. The summed E-state index contributed by atoms with van der Waals surface area (Å²) < 4.78 is 13.7. The zero-order valence-electron chi connectivity index (χ0n) is 26.0. The van der Waals surface area contributed by atoms with Crippen molar-refractivity contribution in [2.75, 3.05) is 63.9 Å². The summed E-state index contributed by atoms with van der Waals surface area (Å²) in [4.78, 5) is 36.5. The fourth-order valence-corrected chi connectivity index (χ4v) is 6.50. The van der Waals surface area contributed by atoms with E-state index in [2.05, 4.69) is 19.9 Å². The van der Waals surface area contributed by atoms with E-state index in [9.17, 15) is 14.7 Å². The van der Waals surface area contributed by atoms with Gasteiger partial charge in [0.05, 0.1) is 30.6 Å². The first kappa shape index (κ1) is 31.5. The molecule has 1 amide bonds. The van der Waals surface area contributed by atoms with Crippen molar-refractivity contribution in [3.05, 3.63) is 24.8 Å². The van der Waals surface area contributed by atoms with Crippen molar-refractivity contribution in [3.8, 4) is 0 Å². The number of aromatic nitrogens is 2. The van der Waals surface area contributed by atoms with Gasteiger partial charge in [0.2, 0.25) is 0 Å². The molecule has 238 valence electrons. The van der Waals surface area contributed by atoms with Gasteiger partial charge in [-0.2, -0.15) is 5.10 Å². The summed E-state index contributed by atoms with van der Waals surface area (Å²) in [6, 6.07) is -0.471. The molecule has 12 heteroatoms. The highest BCUT2D eigenvalue weighted by atomic mass is 16.6. The Morgan fingerprint density at radius 2 is 1.67 bits per heavy atom. The molecule has 5 rings (SSSR count). The molecule has 3 saturated heterocycles. The lowest BCUT2D eigenvalue weighted by atomic mass is 9.94. The van der Waals surface area contributed by atoms with Crippen LogP contribution in [0.3, 0.4) is 0 Å². The molecule has 4 aliphatic heterocycles. The predicted molar refractivity (Wildman–Crippen MR) is 164 cm³/mol. The van der Waals surface area contributed by atoms with Gasteiger partial charge in [-0.1, -0.05) is 0 Å². The summed E-state index contributed by atoms with van der Waals surface area (Å²) in [7, 11) is 0. The highest BCUT2D eigenvalue weighted by Crippen LogP contribution is 2.28. The van der Waals surface area contributed by atoms with E-state index in [-0.39, 0.29) is 12.2 Å². The van der Waals surface area contributed by atoms with Gasteiger partial charge in [0.25, 0.3) is 0 Å². The van der Waals surface area contributed by atoms with Gasteiger partial charge in [-0.25, -0.2) is 9.59 Å². The Balaban J connectivity index is 0.947. The number of anilines is 1. The van der Waals surface area contributed by atoms with E-state index >= 15 is 0 Å². The average molecular weight is 600 g/mol. The summed E-state index contributed by atoms with van der Waals surface area (Å²) in [6.07, 6.45) is 14.8. The number of amides is 1. The third kappa shape index (κ3) is 8.79. The third-order valence-corrected chi connectivity index (χ3v) is 8.99. The van der Waals surface area contributed by atoms with Gasteiger partial charge >= 0.3 is 12.1 Å². The summed E-state index contributed by atoms with van der Waals surface area (Å²) in [5.74, 6) is -0.190. The number of rotatable bonds is 9. The van der Waals surface area contributed by atoms with Gasteiger partial charge in [-0.15, -0.1) is 0 Å². The minimum absolute atomic E-state index is 0.218.